The molecule has 2 aromatic carbocycles. The molecule has 1 amide bonds. The van der Waals surface area contributed by atoms with Gasteiger partial charge in [0.05, 0.1) is 17.6 Å². The number of ether oxygens (including phenoxy) is 1. The number of hydrogen-bond donors (Lipinski definition) is 0. The van der Waals surface area contributed by atoms with Gasteiger partial charge in [-0.25, -0.2) is 9.07 Å². The molecule has 0 saturated carbocycles. The van der Waals surface area contributed by atoms with Crippen LogP contribution in [0.25, 0.3) is 5.69 Å². The van der Waals surface area contributed by atoms with E-state index in [0.29, 0.717) is 12.1 Å². The van der Waals surface area contributed by atoms with Crippen LogP contribution in [0.1, 0.15) is 0 Å². The molecule has 0 radical (unpaired) electrons. The Labute approximate surface area is 140 Å². The van der Waals surface area contributed by atoms with E-state index >= 15 is 0 Å². The molecule has 0 N–H and O–H groups in total. The molecule has 1 heterocycles. The lowest BCUT2D eigenvalue weighted by Gasteiger charge is -2.14. The van der Waals surface area contributed by atoms with E-state index in [2.05, 4.69) is 15.0 Å². The molecule has 0 unspecified atom stereocenters. The van der Waals surface area contributed by atoms with Crippen LogP contribution >= 0.6 is 0 Å². The standard InChI is InChI=1S/C16H11F3N4O2/c17-13-3-1-2-4-14(13)22(10-24)15-9-23(21-20-15)11-5-7-12(8-6-11)25-16(18)19/h1-10,16H. The first-order chi connectivity index (χ1) is 12.1. The van der Waals surface area contributed by atoms with Crippen molar-refractivity contribution in [1.29, 1.82) is 0 Å². The molecule has 128 valence electrons. The van der Waals surface area contributed by atoms with Gasteiger partial charge in [-0.05, 0) is 36.4 Å². The van der Waals surface area contributed by atoms with Crippen LogP contribution < -0.4 is 9.64 Å². The van der Waals surface area contributed by atoms with Crippen molar-refractivity contribution in [3.8, 4) is 11.4 Å². The van der Waals surface area contributed by atoms with Gasteiger partial charge in [0.15, 0.2) is 5.82 Å². The highest BCUT2D eigenvalue weighted by molar-refractivity contribution is 5.84. The van der Waals surface area contributed by atoms with E-state index in [9.17, 15) is 18.0 Å². The third kappa shape index (κ3) is 3.60. The Morgan fingerprint density at radius 3 is 2.48 bits per heavy atom. The molecule has 0 fully saturated rings. The largest absolute Gasteiger partial charge is 0.435 e. The molecule has 9 heteroatoms. The number of benzene rings is 2. The molecule has 0 aliphatic rings. The van der Waals surface area contributed by atoms with Crippen molar-refractivity contribution in [1.82, 2.24) is 15.0 Å². The summed E-state index contributed by atoms with van der Waals surface area (Å²) in [5.74, 6) is -0.481. The first-order valence-corrected chi connectivity index (χ1v) is 7.05. The zero-order valence-corrected chi connectivity index (χ0v) is 12.6. The first-order valence-electron chi connectivity index (χ1n) is 7.05. The molecule has 0 aliphatic carbocycles. The van der Waals surface area contributed by atoms with Crippen molar-refractivity contribution in [3.05, 3.63) is 60.5 Å². The molecule has 25 heavy (non-hydrogen) atoms. The molecule has 1 aromatic heterocycles. The molecular formula is C16H11F3N4O2. The van der Waals surface area contributed by atoms with Gasteiger partial charge in [-0.15, -0.1) is 5.10 Å². The molecule has 6 nitrogen and oxygen atoms in total. The maximum atomic E-state index is 13.9. The number of anilines is 2. The monoisotopic (exact) mass is 348 g/mol. The summed E-state index contributed by atoms with van der Waals surface area (Å²) in [6.07, 6.45) is 1.83. The third-order valence-electron chi connectivity index (χ3n) is 3.27. The minimum absolute atomic E-state index is 0.0000338. The van der Waals surface area contributed by atoms with Gasteiger partial charge in [-0.1, -0.05) is 17.3 Å². The average molecular weight is 348 g/mol. The van der Waals surface area contributed by atoms with Crippen LogP contribution in [0.2, 0.25) is 0 Å². The minimum Gasteiger partial charge on any atom is -0.435 e. The SMILES string of the molecule is O=CN(c1cn(-c2ccc(OC(F)F)cc2)nn1)c1ccccc1F. The topological polar surface area (TPSA) is 60.2 Å². The van der Waals surface area contributed by atoms with Gasteiger partial charge < -0.3 is 4.74 Å². The number of alkyl halides is 2. The van der Waals surface area contributed by atoms with Crippen molar-refractivity contribution < 1.29 is 22.7 Å². The number of rotatable bonds is 6. The Morgan fingerprint density at radius 1 is 1.12 bits per heavy atom. The Balaban J connectivity index is 1.86. The molecule has 3 aromatic rings. The molecule has 0 atom stereocenters. The van der Waals surface area contributed by atoms with Crippen LogP contribution in [0, 0.1) is 5.82 Å². The zero-order chi connectivity index (χ0) is 17.8. The average Bonchev–Trinajstić information content (AvgIpc) is 3.07. The van der Waals surface area contributed by atoms with E-state index in [-0.39, 0.29) is 17.3 Å². The summed E-state index contributed by atoms with van der Waals surface area (Å²) in [6.45, 7) is -2.91. The Hall–Kier alpha value is -3.36. The smallest absolute Gasteiger partial charge is 0.387 e. The molecule has 0 saturated heterocycles. The lowest BCUT2D eigenvalue weighted by atomic mass is 10.3. The predicted octanol–water partition coefficient (Wildman–Crippen LogP) is 3.30. The lowest BCUT2D eigenvalue weighted by Crippen LogP contribution is -2.15. The third-order valence-corrected chi connectivity index (χ3v) is 3.27. The second-order valence-corrected chi connectivity index (χ2v) is 4.82. The summed E-state index contributed by atoms with van der Waals surface area (Å²) in [6, 6.07) is 11.4. The number of halogens is 3. The van der Waals surface area contributed by atoms with Crippen LogP contribution in [0.4, 0.5) is 24.7 Å². The lowest BCUT2D eigenvalue weighted by molar-refractivity contribution is -0.106. The Morgan fingerprint density at radius 2 is 1.84 bits per heavy atom. The van der Waals surface area contributed by atoms with E-state index in [1.807, 2.05) is 0 Å². The number of nitrogens with zero attached hydrogens (tertiary/aromatic N) is 4. The minimum atomic E-state index is -2.91. The number of carbonyl (C=O) groups excluding carboxylic acids is 1. The van der Waals surface area contributed by atoms with Gasteiger partial charge in [-0.3, -0.25) is 9.69 Å². The highest BCUT2D eigenvalue weighted by Gasteiger charge is 2.16. The van der Waals surface area contributed by atoms with E-state index in [0.717, 1.165) is 4.90 Å². The van der Waals surface area contributed by atoms with Gasteiger partial charge in [0.25, 0.3) is 0 Å². The fraction of sp³-hybridized carbons (Fsp3) is 0.0625. The summed E-state index contributed by atoms with van der Waals surface area (Å²) in [5, 5.41) is 7.70. The number of aromatic nitrogens is 3. The first kappa shape index (κ1) is 16.5. The maximum Gasteiger partial charge on any atom is 0.387 e. The number of amides is 1. The van der Waals surface area contributed by atoms with Crippen LogP contribution in [0.15, 0.2) is 54.7 Å². The normalized spacial score (nSPS) is 10.7. The van der Waals surface area contributed by atoms with Gasteiger partial charge in [0.2, 0.25) is 6.41 Å². The fourth-order valence-electron chi connectivity index (χ4n) is 2.15. The second kappa shape index (κ2) is 7.04. The van der Waals surface area contributed by atoms with Gasteiger partial charge in [0.1, 0.15) is 11.6 Å². The van der Waals surface area contributed by atoms with E-state index in [4.69, 9.17) is 0 Å². The fourth-order valence-corrected chi connectivity index (χ4v) is 2.15. The van der Waals surface area contributed by atoms with Crippen LogP contribution in [-0.4, -0.2) is 28.0 Å². The predicted molar refractivity (Wildman–Crippen MR) is 82.6 cm³/mol. The summed E-state index contributed by atoms with van der Waals surface area (Å²) in [5.41, 5.74) is 0.532. The van der Waals surface area contributed by atoms with Crippen molar-refractivity contribution in [2.75, 3.05) is 4.90 Å². The molecular weight excluding hydrogens is 337 g/mol. The summed E-state index contributed by atoms with van der Waals surface area (Å²) < 4.78 is 43.7. The van der Waals surface area contributed by atoms with Crippen molar-refractivity contribution in [2.24, 2.45) is 0 Å². The van der Waals surface area contributed by atoms with Gasteiger partial charge in [0, 0.05) is 0 Å². The summed E-state index contributed by atoms with van der Waals surface area (Å²) in [4.78, 5) is 12.4. The Bertz CT molecular complexity index is 868. The number of carbonyl (C=O) groups is 1. The summed E-state index contributed by atoms with van der Waals surface area (Å²) in [7, 11) is 0. The summed E-state index contributed by atoms with van der Waals surface area (Å²) >= 11 is 0. The van der Waals surface area contributed by atoms with Gasteiger partial charge in [-0.2, -0.15) is 8.78 Å². The van der Waals surface area contributed by atoms with Crippen molar-refractivity contribution in [3.63, 3.8) is 0 Å². The second-order valence-electron chi connectivity index (χ2n) is 4.82. The molecule has 0 spiro atoms. The van der Waals surface area contributed by atoms with Crippen LogP contribution in [0.3, 0.4) is 0 Å². The number of para-hydroxylation sites is 1. The molecule has 3 rings (SSSR count). The Kier molecular flexibility index (Phi) is 4.64. The highest BCUT2D eigenvalue weighted by Crippen LogP contribution is 2.25. The van der Waals surface area contributed by atoms with Crippen molar-refractivity contribution in [2.45, 2.75) is 6.61 Å². The van der Waals surface area contributed by atoms with Crippen LogP contribution in [-0.2, 0) is 4.79 Å². The molecule has 0 bridgehead atoms. The van der Waals surface area contributed by atoms with Crippen molar-refractivity contribution >= 4 is 17.9 Å². The molecule has 0 aliphatic heterocycles. The van der Waals surface area contributed by atoms with E-state index < -0.39 is 12.4 Å². The number of hydrogen-bond acceptors (Lipinski definition) is 4. The quantitative estimate of drug-likeness (QED) is 0.642. The van der Waals surface area contributed by atoms with E-state index in [1.165, 1.54) is 53.3 Å². The van der Waals surface area contributed by atoms with Gasteiger partial charge >= 0.3 is 6.61 Å². The highest BCUT2D eigenvalue weighted by atomic mass is 19.3. The maximum absolute atomic E-state index is 13.9. The zero-order valence-electron chi connectivity index (χ0n) is 12.6. The van der Waals surface area contributed by atoms with E-state index in [1.54, 1.807) is 6.07 Å². The van der Waals surface area contributed by atoms with Crippen LogP contribution in [0.5, 0.6) is 5.75 Å².